The number of hydrogen-bond donors (Lipinski definition) is 1. The molecule has 0 radical (unpaired) electrons. The summed E-state index contributed by atoms with van der Waals surface area (Å²) in [7, 11) is 2.20. The molecule has 2 nitrogen and oxygen atoms in total. The molecule has 1 aliphatic rings. The Hall–Kier alpha value is -0.340. The maximum atomic E-state index is 3.65. The van der Waals surface area contributed by atoms with E-state index in [1.807, 2.05) is 6.08 Å². The van der Waals surface area contributed by atoms with Crippen molar-refractivity contribution in [2.75, 3.05) is 26.7 Å². The first kappa shape index (κ1) is 8.75. The molecule has 0 bridgehead atoms. The van der Waals surface area contributed by atoms with Gasteiger partial charge < -0.3 is 10.2 Å². The van der Waals surface area contributed by atoms with E-state index in [9.17, 15) is 0 Å². The van der Waals surface area contributed by atoms with Crippen molar-refractivity contribution < 1.29 is 0 Å². The number of nitrogens with zero attached hydrogens (tertiary/aromatic N) is 1. The molecule has 0 aromatic heterocycles. The molecule has 0 aromatic carbocycles. The van der Waals surface area contributed by atoms with Crippen LogP contribution in [0.15, 0.2) is 12.7 Å². The highest BCUT2D eigenvalue weighted by atomic mass is 15.2. The second-order valence-corrected chi connectivity index (χ2v) is 3.20. The zero-order valence-corrected chi connectivity index (χ0v) is 7.34. The molecule has 64 valence electrons. The van der Waals surface area contributed by atoms with Gasteiger partial charge in [0.25, 0.3) is 0 Å². The van der Waals surface area contributed by atoms with Crippen LogP contribution in [0.5, 0.6) is 0 Å². The van der Waals surface area contributed by atoms with Gasteiger partial charge in [-0.15, -0.1) is 6.58 Å². The molecule has 0 atom stereocenters. The monoisotopic (exact) mass is 154 g/mol. The van der Waals surface area contributed by atoms with E-state index in [0.717, 1.165) is 19.1 Å². The minimum absolute atomic E-state index is 0.889. The zero-order valence-electron chi connectivity index (χ0n) is 7.34. The average molecular weight is 154 g/mol. The molecule has 0 aliphatic heterocycles. The van der Waals surface area contributed by atoms with Crippen molar-refractivity contribution in [2.45, 2.75) is 18.9 Å². The summed E-state index contributed by atoms with van der Waals surface area (Å²) in [6.45, 7) is 6.83. The van der Waals surface area contributed by atoms with Gasteiger partial charge in [-0.3, -0.25) is 0 Å². The van der Waals surface area contributed by atoms with Gasteiger partial charge in [0, 0.05) is 25.7 Å². The van der Waals surface area contributed by atoms with E-state index in [4.69, 9.17) is 0 Å². The Morgan fingerprint density at radius 2 is 2.36 bits per heavy atom. The Kier molecular flexibility index (Phi) is 3.60. The number of rotatable bonds is 6. The first-order chi connectivity index (χ1) is 5.34. The molecular weight excluding hydrogens is 136 g/mol. The fourth-order valence-corrected chi connectivity index (χ4v) is 1.16. The van der Waals surface area contributed by atoms with Crippen LogP contribution >= 0.6 is 0 Å². The zero-order chi connectivity index (χ0) is 8.10. The number of nitrogens with one attached hydrogen (secondary N) is 1. The second kappa shape index (κ2) is 4.52. The standard InChI is InChI=1S/C9H18N2/c1-3-6-10-7-8-11(2)9-4-5-9/h3,9-10H,1,4-8H2,2H3. The van der Waals surface area contributed by atoms with Gasteiger partial charge in [0.1, 0.15) is 0 Å². The predicted molar refractivity (Wildman–Crippen MR) is 48.7 cm³/mol. The smallest absolute Gasteiger partial charge is 0.0132 e. The predicted octanol–water partition coefficient (Wildman–Crippen LogP) is 0.856. The molecule has 11 heavy (non-hydrogen) atoms. The van der Waals surface area contributed by atoms with Crippen LogP contribution in [0.4, 0.5) is 0 Å². The third-order valence-electron chi connectivity index (χ3n) is 2.10. The van der Waals surface area contributed by atoms with Crippen LogP contribution in [0, 0.1) is 0 Å². The van der Waals surface area contributed by atoms with E-state index in [0.29, 0.717) is 0 Å². The van der Waals surface area contributed by atoms with E-state index in [-0.39, 0.29) is 0 Å². The highest BCUT2D eigenvalue weighted by Gasteiger charge is 2.25. The van der Waals surface area contributed by atoms with Gasteiger partial charge in [0.15, 0.2) is 0 Å². The summed E-state index contributed by atoms with van der Waals surface area (Å²) >= 11 is 0. The molecule has 1 aliphatic carbocycles. The van der Waals surface area contributed by atoms with Gasteiger partial charge in [-0.05, 0) is 19.9 Å². The van der Waals surface area contributed by atoms with Crippen LogP contribution in [0.25, 0.3) is 0 Å². The van der Waals surface area contributed by atoms with Crippen LogP contribution in [-0.2, 0) is 0 Å². The van der Waals surface area contributed by atoms with Gasteiger partial charge in [-0.2, -0.15) is 0 Å². The summed E-state index contributed by atoms with van der Waals surface area (Å²) in [4.78, 5) is 2.43. The fraction of sp³-hybridized carbons (Fsp3) is 0.778. The van der Waals surface area contributed by atoms with Gasteiger partial charge in [0.05, 0.1) is 0 Å². The Labute approximate surface area is 69.3 Å². The second-order valence-electron chi connectivity index (χ2n) is 3.20. The van der Waals surface area contributed by atoms with E-state index >= 15 is 0 Å². The molecular formula is C9H18N2. The van der Waals surface area contributed by atoms with E-state index in [1.54, 1.807) is 0 Å². The van der Waals surface area contributed by atoms with Crippen LogP contribution in [0.2, 0.25) is 0 Å². The minimum Gasteiger partial charge on any atom is -0.312 e. The first-order valence-electron chi connectivity index (χ1n) is 4.36. The molecule has 0 saturated heterocycles. The van der Waals surface area contributed by atoms with E-state index < -0.39 is 0 Å². The van der Waals surface area contributed by atoms with Crippen molar-refractivity contribution in [1.29, 1.82) is 0 Å². The van der Waals surface area contributed by atoms with Crippen LogP contribution in [0.1, 0.15) is 12.8 Å². The number of hydrogen-bond acceptors (Lipinski definition) is 2. The van der Waals surface area contributed by atoms with E-state index in [1.165, 1.54) is 19.4 Å². The van der Waals surface area contributed by atoms with Gasteiger partial charge in [-0.25, -0.2) is 0 Å². The molecule has 0 spiro atoms. The lowest BCUT2D eigenvalue weighted by Gasteiger charge is -2.14. The van der Waals surface area contributed by atoms with Gasteiger partial charge in [-0.1, -0.05) is 6.08 Å². The molecule has 1 fully saturated rings. The summed E-state index contributed by atoms with van der Waals surface area (Å²) in [6, 6.07) is 0.889. The third kappa shape index (κ3) is 3.54. The molecule has 0 amide bonds. The van der Waals surface area contributed by atoms with Crippen molar-refractivity contribution in [3.63, 3.8) is 0 Å². The number of likely N-dealkylation sites (N-methyl/N-ethyl adjacent to an activating group) is 1. The average Bonchev–Trinajstić information content (AvgIpc) is 2.79. The molecule has 1 N–H and O–H groups in total. The van der Waals surface area contributed by atoms with Crippen molar-refractivity contribution in [3.05, 3.63) is 12.7 Å². The Bertz CT molecular complexity index is 119. The fourth-order valence-electron chi connectivity index (χ4n) is 1.16. The summed E-state index contributed by atoms with van der Waals surface area (Å²) in [5, 5.41) is 3.29. The topological polar surface area (TPSA) is 15.3 Å². The van der Waals surface area contributed by atoms with Crippen molar-refractivity contribution in [1.82, 2.24) is 10.2 Å². The molecule has 0 aromatic rings. The molecule has 2 heteroatoms. The maximum absolute atomic E-state index is 3.65. The van der Waals surface area contributed by atoms with Crippen molar-refractivity contribution in [3.8, 4) is 0 Å². The largest absolute Gasteiger partial charge is 0.312 e. The highest BCUT2D eigenvalue weighted by molar-refractivity contribution is 4.82. The summed E-state index contributed by atoms with van der Waals surface area (Å²) in [5.41, 5.74) is 0. The summed E-state index contributed by atoms with van der Waals surface area (Å²) in [5.74, 6) is 0. The normalized spacial score (nSPS) is 17.3. The maximum Gasteiger partial charge on any atom is 0.0132 e. The quantitative estimate of drug-likeness (QED) is 0.451. The lowest BCUT2D eigenvalue weighted by Crippen LogP contribution is -2.30. The van der Waals surface area contributed by atoms with Gasteiger partial charge >= 0.3 is 0 Å². The Morgan fingerprint density at radius 1 is 1.64 bits per heavy atom. The molecule has 1 saturated carbocycles. The Balaban J connectivity index is 1.88. The minimum atomic E-state index is 0.889. The molecule has 1 rings (SSSR count). The van der Waals surface area contributed by atoms with Gasteiger partial charge in [0.2, 0.25) is 0 Å². The Morgan fingerprint density at radius 3 is 2.91 bits per heavy atom. The van der Waals surface area contributed by atoms with E-state index in [2.05, 4.69) is 23.8 Å². The first-order valence-corrected chi connectivity index (χ1v) is 4.36. The molecule has 0 unspecified atom stereocenters. The van der Waals surface area contributed by atoms with Crippen LogP contribution in [0.3, 0.4) is 0 Å². The molecule has 0 heterocycles. The van der Waals surface area contributed by atoms with Crippen LogP contribution in [-0.4, -0.2) is 37.6 Å². The SMILES string of the molecule is C=CCNCCN(C)C1CC1. The lowest BCUT2D eigenvalue weighted by atomic mass is 10.5. The van der Waals surface area contributed by atoms with Crippen molar-refractivity contribution >= 4 is 0 Å². The lowest BCUT2D eigenvalue weighted by molar-refractivity contribution is 0.324. The third-order valence-corrected chi connectivity index (χ3v) is 2.10. The van der Waals surface area contributed by atoms with Crippen LogP contribution < -0.4 is 5.32 Å². The van der Waals surface area contributed by atoms with Crippen molar-refractivity contribution in [2.24, 2.45) is 0 Å². The summed E-state index contributed by atoms with van der Waals surface area (Å²) < 4.78 is 0. The summed E-state index contributed by atoms with van der Waals surface area (Å²) in [6.07, 6.45) is 4.70. The highest BCUT2D eigenvalue weighted by Crippen LogP contribution is 2.24.